The standard InChI is InChI=1S/C15H12F4N2/c16-14-4-3-12(6-13(14)15(17,18)19)21-7-9-1-2-11(20)5-10(9)8-21/h1-6H,7-8,20H2. The van der Waals surface area contributed by atoms with Gasteiger partial charge < -0.3 is 10.6 Å². The van der Waals surface area contributed by atoms with Gasteiger partial charge in [-0.05, 0) is 41.5 Å². The Morgan fingerprint density at radius 1 is 0.952 bits per heavy atom. The highest BCUT2D eigenvalue weighted by Crippen LogP contribution is 2.36. The van der Waals surface area contributed by atoms with Crippen molar-refractivity contribution in [2.45, 2.75) is 19.3 Å². The van der Waals surface area contributed by atoms with Gasteiger partial charge in [-0.1, -0.05) is 6.07 Å². The van der Waals surface area contributed by atoms with Gasteiger partial charge in [0, 0.05) is 24.5 Å². The summed E-state index contributed by atoms with van der Waals surface area (Å²) in [4.78, 5) is 1.76. The zero-order valence-corrected chi connectivity index (χ0v) is 10.9. The summed E-state index contributed by atoms with van der Waals surface area (Å²) >= 11 is 0. The summed E-state index contributed by atoms with van der Waals surface area (Å²) in [6.45, 7) is 0.946. The van der Waals surface area contributed by atoms with E-state index in [-0.39, 0.29) is 0 Å². The van der Waals surface area contributed by atoms with Crippen molar-refractivity contribution in [1.29, 1.82) is 0 Å². The Bertz CT molecular complexity index is 695. The molecule has 0 radical (unpaired) electrons. The average molecular weight is 296 g/mol. The maximum Gasteiger partial charge on any atom is 0.419 e. The maximum absolute atomic E-state index is 13.3. The predicted molar refractivity (Wildman–Crippen MR) is 72.1 cm³/mol. The number of nitrogens with zero attached hydrogens (tertiary/aromatic N) is 1. The van der Waals surface area contributed by atoms with E-state index in [0.717, 1.165) is 23.3 Å². The van der Waals surface area contributed by atoms with Crippen molar-refractivity contribution < 1.29 is 17.6 Å². The van der Waals surface area contributed by atoms with Crippen molar-refractivity contribution in [1.82, 2.24) is 0 Å². The first kappa shape index (κ1) is 13.7. The van der Waals surface area contributed by atoms with Crippen LogP contribution in [0.1, 0.15) is 16.7 Å². The highest BCUT2D eigenvalue weighted by atomic mass is 19.4. The maximum atomic E-state index is 13.3. The highest BCUT2D eigenvalue weighted by Gasteiger charge is 2.35. The van der Waals surface area contributed by atoms with Crippen LogP contribution >= 0.6 is 0 Å². The van der Waals surface area contributed by atoms with Crippen molar-refractivity contribution in [3.63, 3.8) is 0 Å². The van der Waals surface area contributed by atoms with E-state index in [1.807, 2.05) is 12.1 Å². The van der Waals surface area contributed by atoms with Crippen LogP contribution in [0, 0.1) is 5.82 Å². The third-order valence-electron chi connectivity index (χ3n) is 3.57. The zero-order valence-electron chi connectivity index (χ0n) is 10.9. The van der Waals surface area contributed by atoms with Crippen LogP contribution in [0.4, 0.5) is 28.9 Å². The number of alkyl halides is 3. The SMILES string of the molecule is Nc1ccc2c(c1)CN(c1ccc(F)c(C(F)(F)F)c1)C2. The van der Waals surface area contributed by atoms with Crippen LogP contribution in [0.15, 0.2) is 36.4 Å². The fourth-order valence-electron chi connectivity index (χ4n) is 2.52. The predicted octanol–water partition coefficient (Wildman–Crippen LogP) is 3.95. The zero-order chi connectivity index (χ0) is 15.2. The minimum Gasteiger partial charge on any atom is -0.399 e. The number of fused-ring (bicyclic) bond motifs is 1. The Balaban J connectivity index is 1.93. The number of rotatable bonds is 1. The first-order valence-electron chi connectivity index (χ1n) is 6.33. The van der Waals surface area contributed by atoms with Gasteiger partial charge in [0.25, 0.3) is 0 Å². The molecule has 0 amide bonds. The van der Waals surface area contributed by atoms with Crippen molar-refractivity contribution in [2.75, 3.05) is 10.6 Å². The molecule has 2 N–H and O–H groups in total. The van der Waals surface area contributed by atoms with E-state index in [4.69, 9.17) is 5.73 Å². The van der Waals surface area contributed by atoms with Crippen molar-refractivity contribution in [3.8, 4) is 0 Å². The van der Waals surface area contributed by atoms with Crippen molar-refractivity contribution in [2.24, 2.45) is 0 Å². The normalized spacial score (nSPS) is 14.4. The molecule has 0 saturated heterocycles. The lowest BCUT2D eigenvalue weighted by molar-refractivity contribution is -0.139. The van der Waals surface area contributed by atoms with Crippen LogP contribution in [0.25, 0.3) is 0 Å². The van der Waals surface area contributed by atoms with Crippen LogP contribution in [0.2, 0.25) is 0 Å². The number of halogens is 4. The molecular weight excluding hydrogens is 284 g/mol. The van der Waals surface area contributed by atoms with Crippen LogP contribution in [0.5, 0.6) is 0 Å². The second-order valence-electron chi connectivity index (χ2n) is 5.05. The molecule has 0 aromatic heterocycles. The van der Waals surface area contributed by atoms with E-state index in [9.17, 15) is 17.6 Å². The molecule has 1 aliphatic heterocycles. The van der Waals surface area contributed by atoms with Gasteiger partial charge in [-0.2, -0.15) is 13.2 Å². The number of hydrogen-bond donors (Lipinski definition) is 1. The van der Waals surface area contributed by atoms with Crippen LogP contribution in [-0.2, 0) is 19.3 Å². The summed E-state index contributed by atoms with van der Waals surface area (Å²) in [6, 6.07) is 8.50. The lowest BCUT2D eigenvalue weighted by atomic mass is 10.1. The molecule has 0 saturated carbocycles. The quantitative estimate of drug-likeness (QED) is 0.638. The van der Waals surface area contributed by atoms with Gasteiger partial charge in [0.2, 0.25) is 0 Å². The number of hydrogen-bond acceptors (Lipinski definition) is 2. The second-order valence-corrected chi connectivity index (χ2v) is 5.05. The molecule has 2 aromatic carbocycles. The minimum atomic E-state index is -4.70. The van der Waals surface area contributed by atoms with E-state index < -0.39 is 17.6 Å². The third-order valence-corrected chi connectivity index (χ3v) is 3.57. The molecule has 2 aromatic rings. The van der Waals surface area contributed by atoms with E-state index in [1.165, 1.54) is 6.07 Å². The third kappa shape index (κ3) is 2.53. The van der Waals surface area contributed by atoms with Gasteiger partial charge in [-0.15, -0.1) is 0 Å². The topological polar surface area (TPSA) is 29.3 Å². The van der Waals surface area contributed by atoms with Gasteiger partial charge in [0.15, 0.2) is 0 Å². The molecule has 0 spiro atoms. The van der Waals surface area contributed by atoms with Gasteiger partial charge >= 0.3 is 6.18 Å². The van der Waals surface area contributed by atoms with Crippen LogP contribution in [0.3, 0.4) is 0 Å². The molecule has 2 nitrogen and oxygen atoms in total. The Labute approximate surface area is 118 Å². The van der Waals surface area contributed by atoms with Crippen molar-refractivity contribution >= 4 is 11.4 Å². The first-order chi connectivity index (χ1) is 9.84. The molecule has 0 unspecified atom stereocenters. The fraction of sp³-hybridized carbons (Fsp3) is 0.200. The van der Waals surface area contributed by atoms with Gasteiger partial charge in [0.1, 0.15) is 5.82 Å². The van der Waals surface area contributed by atoms with Gasteiger partial charge in [0.05, 0.1) is 5.56 Å². The Kier molecular flexibility index (Phi) is 3.04. The molecule has 0 atom stereocenters. The summed E-state index contributed by atoms with van der Waals surface area (Å²) in [5, 5.41) is 0. The first-order valence-corrected chi connectivity index (χ1v) is 6.33. The van der Waals surface area contributed by atoms with Crippen molar-refractivity contribution in [3.05, 3.63) is 58.9 Å². The molecule has 0 bridgehead atoms. The fourth-order valence-corrected chi connectivity index (χ4v) is 2.52. The van der Waals surface area contributed by atoms with E-state index in [0.29, 0.717) is 24.5 Å². The van der Waals surface area contributed by atoms with Crippen LogP contribution < -0.4 is 10.6 Å². The molecule has 110 valence electrons. The highest BCUT2D eigenvalue weighted by molar-refractivity contribution is 5.56. The number of anilines is 2. The molecule has 0 aliphatic carbocycles. The summed E-state index contributed by atoms with van der Waals surface area (Å²) < 4.78 is 51.6. The molecule has 0 fully saturated rings. The Morgan fingerprint density at radius 2 is 1.67 bits per heavy atom. The largest absolute Gasteiger partial charge is 0.419 e. The monoisotopic (exact) mass is 296 g/mol. The lowest BCUT2D eigenvalue weighted by Gasteiger charge is -2.19. The summed E-state index contributed by atoms with van der Waals surface area (Å²) in [7, 11) is 0. The van der Waals surface area contributed by atoms with E-state index in [1.54, 1.807) is 11.0 Å². The Morgan fingerprint density at radius 3 is 2.38 bits per heavy atom. The van der Waals surface area contributed by atoms with E-state index in [2.05, 4.69) is 0 Å². The average Bonchev–Trinajstić information content (AvgIpc) is 2.80. The number of nitrogens with two attached hydrogens (primary N) is 1. The molecule has 3 rings (SSSR count). The molecule has 21 heavy (non-hydrogen) atoms. The lowest BCUT2D eigenvalue weighted by Crippen LogP contribution is -2.16. The summed E-state index contributed by atoms with van der Waals surface area (Å²) in [5.41, 5.74) is 7.42. The van der Waals surface area contributed by atoms with Crippen LogP contribution in [-0.4, -0.2) is 0 Å². The Hall–Kier alpha value is -2.24. The smallest absolute Gasteiger partial charge is 0.399 e. The van der Waals surface area contributed by atoms with Gasteiger partial charge in [-0.3, -0.25) is 0 Å². The molecular formula is C15H12F4N2. The minimum absolute atomic E-state index is 0.346. The summed E-state index contributed by atoms with van der Waals surface area (Å²) in [5.74, 6) is -1.26. The molecule has 1 aliphatic rings. The van der Waals surface area contributed by atoms with E-state index >= 15 is 0 Å². The molecule has 6 heteroatoms. The number of benzene rings is 2. The second kappa shape index (κ2) is 4.65. The number of nitrogen functional groups attached to an aromatic ring is 1. The molecule has 1 heterocycles. The summed E-state index contributed by atoms with van der Waals surface area (Å²) in [6.07, 6.45) is -4.70. The van der Waals surface area contributed by atoms with Gasteiger partial charge in [-0.25, -0.2) is 4.39 Å².